The largest absolute Gasteiger partial charge is 1.00 e. The van der Waals surface area contributed by atoms with Crippen LogP contribution in [-0.4, -0.2) is 52.7 Å². The van der Waals surface area contributed by atoms with Crippen molar-refractivity contribution in [3.8, 4) is 0 Å². The fraction of sp³-hybridized carbons (Fsp3) is 0.333. The third kappa shape index (κ3) is 3.37. The van der Waals surface area contributed by atoms with Gasteiger partial charge in [-0.3, -0.25) is 4.79 Å². The van der Waals surface area contributed by atoms with E-state index in [1.807, 2.05) is 0 Å². The summed E-state index contributed by atoms with van der Waals surface area (Å²) < 4.78 is 38.1. The van der Waals surface area contributed by atoms with E-state index in [1.54, 1.807) is 25.3 Å². The van der Waals surface area contributed by atoms with E-state index in [1.165, 1.54) is 15.5 Å². The van der Waals surface area contributed by atoms with E-state index in [2.05, 4.69) is 4.28 Å². The first kappa shape index (κ1) is 18.2. The topological polar surface area (TPSA) is 112 Å². The fourth-order valence-corrected chi connectivity index (χ4v) is 3.03. The second-order valence-electron chi connectivity index (χ2n) is 4.98. The van der Waals surface area contributed by atoms with Gasteiger partial charge in [-0.15, -0.1) is 0 Å². The van der Waals surface area contributed by atoms with Gasteiger partial charge in [0.1, 0.15) is 6.04 Å². The van der Waals surface area contributed by atoms with Crippen molar-refractivity contribution in [1.29, 1.82) is 0 Å². The average molecular weight is 349 g/mol. The van der Waals surface area contributed by atoms with Crippen LogP contribution >= 0.6 is 0 Å². The summed E-state index contributed by atoms with van der Waals surface area (Å²) in [5, 5.41) is 0.554. The normalized spacial score (nSPS) is 20.3. The minimum absolute atomic E-state index is 0. The molecule has 1 saturated heterocycles. The Labute approximate surface area is 154 Å². The summed E-state index contributed by atoms with van der Waals surface area (Å²) in [4.78, 5) is 25.1. The predicted molar refractivity (Wildman–Crippen MR) is 73.0 cm³/mol. The molecule has 1 unspecified atom stereocenters. The van der Waals surface area contributed by atoms with Crippen molar-refractivity contribution >= 4 is 22.0 Å². The summed E-state index contributed by atoms with van der Waals surface area (Å²) >= 11 is 0. The summed E-state index contributed by atoms with van der Waals surface area (Å²) in [6, 6.07) is 3.16. The molecule has 0 aliphatic carbocycles. The van der Waals surface area contributed by atoms with Crippen LogP contribution in [0.5, 0.6) is 0 Å². The number of nitrogens with zero attached hydrogens (tertiary/aromatic N) is 3. The fourth-order valence-electron chi connectivity index (χ4n) is 2.67. The number of carbonyl (C=O) groups is 1. The number of hydrogen-bond acceptors (Lipinski definition) is 6. The first-order valence-corrected chi connectivity index (χ1v) is 7.71. The molecule has 0 spiro atoms. The van der Waals surface area contributed by atoms with Gasteiger partial charge in [0.25, 0.3) is 5.56 Å². The van der Waals surface area contributed by atoms with Crippen LogP contribution in [0.15, 0.2) is 29.1 Å². The van der Waals surface area contributed by atoms with Crippen LogP contribution in [0.2, 0.25) is 0 Å². The van der Waals surface area contributed by atoms with Crippen LogP contribution in [0.1, 0.15) is 5.69 Å². The molecule has 2 aliphatic rings. The molecular formula is C12H12N3NaO6S. The number of pyridine rings is 1. The number of fused-ring (bicyclic) bond motifs is 2. The molecule has 0 saturated carbocycles. The molecule has 1 fully saturated rings. The maximum Gasteiger partial charge on any atom is 1.00 e. The number of aromatic nitrogens is 1. The zero-order chi connectivity index (χ0) is 16.1. The SMILES string of the molecule is Cn1c(C2=CCN3CC2N(OS(=O)(=O)[O-])C3=O)cccc1=O.[Na+]. The predicted octanol–water partition coefficient (Wildman–Crippen LogP) is -3.72. The Hall–Kier alpha value is -1.17. The zero-order valence-electron chi connectivity index (χ0n) is 12.5. The van der Waals surface area contributed by atoms with Gasteiger partial charge in [0, 0.05) is 30.9 Å². The van der Waals surface area contributed by atoms with Crippen LogP contribution in [0, 0.1) is 0 Å². The second-order valence-corrected chi connectivity index (χ2v) is 5.95. The molecule has 2 bridgehead atoms. The van der Waals surface area contributed by atoms with Crippen molar-refractivity contribution in [3.05, 3.63) is 40.3 Å². The minimum atomic E-state index is -5.07. The molecule has 3 heterocycles. The third-order valence-corrected chi connectivity index (χ3v) is 4.02. The maximum absolute atomic E-state index is 12.0. The van der Waals surface area contributed by atoms with E-state index >= 15 is 0 Å². The summed E-state index contributed by atoms with van der Waals surface area (Å²) in [7, 11) is -3.50. The number of carbonyl (C=O) groups excluding carboxylic acids is 1. The first-order valence-electron chi connectivity index (χ1n) is 6.38. The average Bonchev–Trinajstić information content (AvgIpc) is 2.67. The van der Waals surface area contributed by atoms with Gasteiger partial charge < -0.3 is 14.0 Å². The van der Waals surface area contributed by atoms with E-state index in [0.717, 1.165) is 0 Å². The third-order valence-electron chi connectivity index (χ3n) is 3.68. The van der Waals surface area contributed by atoms with Crippen molar-refractivity contribution < 1.29 is 51.6 Å². The molecule has 0 aromatic carbocycles. The molecule has 1 aromatic heterocycles. The van der Waals surface area contributed by atoms with Gasteiger partial charge in [-0.1, -0.05) is 12.1 Å². The summed E-state index contributed by atoms with van der Waals surface area (Å²) in [6.07, 6.45) is 1.71. The summed E-state index contributed by atoms with van der Waals surface area (Å²) in [6.45, 7) is 0.426. The van der Waals surface area contributed by atoms with Gasteiger partial charge in [-0.05, 0) is 6.07 Å². The van der Waals surface area contributed by atoms with E-state index in [4.69, 9.17) is 0 Å². The van der Waals surface area contributed by atoms with Crippen LogP contribution in [-0.2, 0) is 21.7 Å². The van der Waals surface area contributed by atoms with Gasteiger partial charge in [0.15, 0.2) is 0 Å². The Balaban J connectivity index is 0.00000192. The zero-order valence-corrected chi connectivity index (χ0v) is 15.3. The molecule has 118 valence electrons. The van der Waals surface area contributed by atoms with Crippen molar-refractivity contribution in [1.82, 2.24) is 14.5 Å². The van der Waals surface area contributed by atoms with E-state index < -0.39 is 22.5 Å². The Morgan fingerprint density at radius 1 is 1.30 bits per heavy atom. The summed E-state index contributed by atoms with van der Waals surface area (Å²) in [5.41, 5.74) is 0.851. The van der Waals surface area contributed by atoms with Crippen molar-refractivity contribution in [2.24, 2.45) is 7.05 Å². The molecule has 1 aromatic rings. The molecule has 0 N–H and O–H groups in total. The van der Waals surface area contributed by atoms with Gasteiger partial charge in [0.2, 0.25) is 10.4 Å². The first-order chi connectivity index (χ1) is 10.3. The van der Waals surface area contributed by atoms with Crippen molar-refractivity contribution in [3.63, 3.8) is 0 Å². The molecule has 11 heteroatoms. The smallest absolute Gasteiger partial charge is 0.724 e. The minimum Gasteiger partial charge on any atom is -0.724 e. The monoisotopic (exact) mass is 349 g/mol. The van der Waals surface area contributed by atoms with E-state index in [-0.39, 0.29) is 48.2 Å². The van der Waals surface area contributed by atoms with Crippen LogP contribution in [0.3, 0.4) is 0 Å². The number of amides is 2. The van der Waals surface area contributed by atoms with Crippen molar-refractivity contribution in [2.75, 3.05) is 13.1 Å². The number of urea groups is 1. The molecule has 2 aliphatic heterocycles. The molecular weight excluding hydrogens is 337 g/mol. The van der Waals surface area contributed by atoms with Gasteiger partial charge >= 0.3 is 35.6 Å². The molecule has 9 nitrogen and oxygen atoms in total. The quantitative estimate of drug-likeness (QED) is 0.315. The molecule has 2 amide bonds. The molecule has 0 radical (unpaired) electrons. The Morgan fingerprint density at radius 2 is 2.00 bits per heavy atom. The Bertz CT molecular complexity index is 833. The second kappa shape index (κ2) is 6.38. The molecule has 3 rings (SSSR count). The van der Waals surface area contributed by atoms with Crippen LogP contribution in [0.25, 0.3) is 5.57 Å². The van der Waals surface area contributed by atoms with Crippen LogP contribution < -0.4 is 35.1 Å². The van der Waals surface area contributed by atoms with Crippen molar-refractivity contribution in [2.45, 2.75) is 6.04 Å². The van der Waals surface area contributed by atoms with E-state index in [9.17, 15) is 22.6 Å². The standard InChI is InChI=1S/C12H13N3O6S.Na/c1-13-9(3-2-4-11(13)16)8-5-6-14-7-10(8)15(12(14)17)21-22(18,19)20;/h2-5,10H,6-7H2,1H3,(H,18,19,20);/q;+1/p-1. The van der Waals surface area contributed by atoms with Crippen LogP contribution in [0.4, 0.5) is 4.79 Å². The maximum atomic E-state index is 12.0. The van der Waals surface area contributed by atoms with Gasteiger partial charge in [-0.25, -0.2) is 13.2 Å². The Morgan fingerprint density at radius 3 is 2.65 bits per heavy atom. The van der Waals surface area contributed by atoms with E-state index in [0.29, 0.717) is 16.3 Å². The van der Waals surface area contributed by atoms with Gasteiger partial charge in [-0.2, -0.15) is 9.35 Å². The number of hydroxylamine groups is 2. The summed E-state index contributed by atoms with van der Waals surface area (Å²) in [5.74, 6) is 0. The molecule has 1 atom stereocenters. The number of rotatable bonds is 3. The molecule has 23 heavy (non-hydrogen) atoms. The number of hydrogen-bond donors (Lipinski definition) is 0. The Kier molecular flexibility index (Phi) is 5.04. The van der Waals surface area contributed by atoms with Gasteiger partial charge in [0.05, 0.1) is 6.54 Å².